The van der Waals surface area contributed by atoms with Gasteiger partial charge in [0.25, 0.3) is 5.91 Å². The summed E-state index contributed by atoms with van der Waals surface area (Å²) in [6.07, 6.45) is -0.516. The zero-order valence-corrected chi connectivity index (χ0v) is 17.5. The molecular weight excluding hydrogens is 456 g/mol. The van der Waals surface area contributed by atoms with Crippen molar-refractivity contribution in [2.24, 2.45) is 0 Å². The molecule has 170 valence electrons. The second kappa shape index (κ2) is 10.7. The number of nitrogens with one attached hydrogen (secondary N) is 2. The molecule has 0 fully saturated rings. The van der Waals surface area contributed by atoms with Crippen molar-refractivity contribution in [1.82, 2.24) is 10.6 Å². The lowest BCUT2D eigenvalue weighted by Crippen LogP contribution is -2.23. The molecule has 0 bridgehead atoms. The molecule has 2 aromatic rings. The van der Waals surface area contributed by atoms with Gasteiger partial charge >= 0.3 is 6.18 Å². The average molecular weight is 473 g/mol. The van der Waals surface area contributed by atoms with Gasteiger partial charge in [0.1, 0.15) is 22.8 Å². The van der Waals surface area contributed by atoms with Crippen LogP contribution in [-0.2, 0) is 11.0 Å². The standard InChI is InChI=1S/C21H17ClF4N2O4/c1-27-9-7-13(8-10-29)28-20(30)14-4-3-12(21(24,25)26)11-17(14)32-15-5-6-16(31-2)19(23)18(15)22/h3-11,27H,1-2H3,(H,28,30)/b9-7-,13-8+. The van der Waals surface area contributed by atoms with Crippen molar-refractivity contribution < 1.29 is 36.6 Å². The molecule has 0 heterocycles. The highest BCUT2D eigenvalue weighted by molar-refractivity contribution is 6.32. The Kier molecular flexibility index (Phi) is 8.25. The molecule has 2 aromatic carbocycles. The smallest absolute Gasteiger partial charge is 0.416 e. The first-order valence-electron chi connectivity index (χ1n) is 8.84. The number of rotatable bonds is 8. The summed E-state index contributed by atoms with van der Waals surface area (Å²) in [6.45, 7) is 0. The molecule has 0 radical (unpaired) electrons. The zero-order chi connectivity index (χ0) is 23.9. The molecule has 0 saturated carbocycles. The van der Waals surface area contributed by atoms with Gasteiger partial charge in [0.2, 0.25) is 0 Å². The first-order valence-corrected chi connectivity index (χ1v) is 9.21. The lowest BCUT2D eigenvalue weighted by Gasteiger charge is -2.16. The van der Waals surface area contributed by atoms with Gasteiger partial charge < -0.3 is 20.1 Å². The van der Waals surface area contributed by atoms with E-state index in [1.54, 1.807) is 7.05 Å². The Hall–Kier alpha value is -3.53. The predicted octanol–water partition coefficient (Wildman–Crippen LogP) is 4.84. The van der Waals surface area contributed by atoms with Gasteiger partial charge in [-0.15, -0.1) is 0 Å². The van der Waals surface area contributed by atoms with E-state index >= 15 is 0 Å². The van der Waals surface area contributed by atoms with Gasteiger partial charge in [-0.3, -0.25) is 9.59 Å². The van der Waals surface area contributed by atoms with Gasteiger partial charge in [-0.05, 0) is 42.6 Å². The van der Waals surface area contributed by atoms with Gasteiger partial charge in [-0.25, -0.2) is 4.39 Å². The van der Waals surface area contributed by atoms with Gasteiger partial charge in [0.15, 0.2) is 11.6 Å². The number of methoxy groups -OCH3 is 1. The maximum absolute atomic E-state index is 14.2. The van der Waals surface area contributed by atoms with Crippen LogP contribution < -0.4 is 20.1 Å². The number of hydrogen-bond donors (Lipinski definition) is 2. The zero-order valence-electron chi connectivity index (χ0n) is 16.7. The largest absolute Gasteiger partial charge is 0.494 e. The van der Waals surface area contributed by atoms with Crippen molar-refractivity contribution in [2.45, 2.75) is 6.18 Å². The van der Waals surface area contributed by atoms with E-state index in [9.17, 15) is 27.2 Å². The van der Waals surface area contributed by atoms with Crippen molar-refractivity contribution >= 4 is 23.8 Å². The molecule has 0 aliphatic heterocycles. The molecule has 0 saturated heterocycles. The summed E-state index contributed by atoms with van der Waals surface area (Å²) in [4.78, 5) is 23.5. The van der Waals surface area contributed by atoms with E-state index in [0.717, 1.165) is 18.2 Å². The van der Waals surface area contributed by atoms with Gasteiger partial charge in [0, 0.05) is 18.8 Å². The van der Waals surface area contributed by atoms with Crippen LogP contribution in [0.25, 0.3) is 0 Å². The van der Waals surface area contributed by atoms with Crippen molar-refractivity contribution in [3.8, 4) is 17.2 Å². The van der Waals surface area contributed by atoms with E-state index in [-0.39, 0.29) is 22.8 Å². The van der Waals surface area contributed by atoms with Crippen molar-refractivity contribution in [1.29, 1.82) is 0 Å². The number of benzene rings is 2. The highest BCUT2D eigenvalue weighted by atomic mass is 35.5. The fraction of sp³-hybridized carbons (Fsp3) is 0.143. The van der Waals surface area contributed by atoms with Crippen LogP contribution in [0.1, 0.15) is 15.9 Å². The molecule has 6 nitrogen and oxygen atoms in total. The van der Waals surface area contributed by atoms with E-state index in [0.29, 0.717) is 18.4 Å². The summed E-state index contributed by atoms with van der Waals surface area (Å²) >= 11 is 5.90. The summed E-state index contributed by atoms with van der Waals surface area (Å²) in [7, 11) is 2.79. The second-order valence-electron chi connectivity index (χ2n) is 6.04. The number of hydrogen-bond acceptors (Lipinski definition) is 5. The molecule has 11 heteroatoms. The first kappa shape index (κ1) is 24.7. The third-order valence-electron chi connectivity index (χ3n) is 3.94. The molecule has 32 heavy (non-hydrogen) atoms. The number of amides is 1. The highest BCUT2D eigenvalue weighted by Gasteiger charge is 2.32. The first-order chi connectivity index (χ1) is 15.1. The van der Waals surface area contributed by atoms with Crippen LogP contribution in [-0.4, -0.2) is 26.4 Å². The molecule has 0 atom stereocenters. The second-order valence-corrected chi connectivity index (χ2v) is 6.42. The van der Waals surface area contributed by atoms with Gasteiger partial charge in [0.05, 0.1) is 18.2 Å². The lowest BCUT2D eigenvalue weighted by molar-refractivity contribution is -0.137. The Bertz CT molecular complexity index is 1070. The third-order valence-corrected chi connectivity index (χ3v) is 4.29. The van der Waals surface area contributed by atoms with Crippen molar-refractivity contribution in [2.75, 3.05) is 14.2 Å². The summed E-state index contributed by atoms with van der Waals surface area (Å²) in [6, 6.07) is 4.50. The van der Waals surface area contributed by atoms with Crippen molar-refractivity contribution in [3.63, 3.8) is 0 Å². The van der Waals surface area contributed by atoms with Crippen LogP contribution in [0, 0.1) is 5.82 Å². The van der Waals surface area contributed by atoms with Crippen LogP contribution in [0.15, 0.2) is 54.4 Å². The van der Waals surface area contributed by atoms with Gasteiger partial charge in [-0.1, -0.05) is 11.6 Å². The Morgan fingerprint density at radius 1 is 1.12 bits per heavy atom. The topological polar surface area (TPSA) is 76.7 Å². The summed E-state index contributed by atoms with van der Waals surface area (Å²) in [5, 5.41) is 4.48. The molecule has 0 aliphatic rings. The number of alkyl halides is 3. The summed E-state index contributed by atoms with van der Waals surface area (Å²) in [5.41, 5.74) is -1.37. The van der Waals surface area contributed by atoms with E-state index in [1.165, 1.54) is 25.5 Å². The van der Waals surface area contributed by atoms with E-state index in [2.05, 4.69) is 10.6 Å². The number of ether oxygens (including phenoxy) is 2. The molecule has 0 unspecified atom stereocenters. The van der Waals surface area contributed by atoms with E-state index in [1.807, 2.05) is 0 Å². The van der Waals surface area contributed by atoms with Crippen LogP contribution in [0.3, 0.4) is 0 Å². The number of aldehydes is 1. The minimum Gasteiger partial charge on any atom is -0.494 e. The fourth-order valence-electron chi connectivity index (χ4n) is 2.42. The number of halogens is 5. The predicted molar refractivity (Wildman–Crippen MR) is 109 cm³/mol. The summed E-state index contributed by atoms with van der Waals surface area (Å²) < 4.78 is 64.0. The Morgan fingerprint density at radius 3 is 2.41 bits per heavy atom. The third kappa shape index (κ3) is 6.01. The van der Waals surface area contributed by atoms with Crippen LogP contribution in [0.2, 0.25) is 5.02 Å². The minimum absolute atomic E-state index is 0.0544. The monoisotopic (exact) mass is 472 g/mol. The maximum atomic E-state index is 14.2. The fourth-order valence-corrected chi connectivity index (χ4v) is 2.62. The number of allylic oxidation sites excluding steroid dienone is 2. The SMILES string of the molecule is CN/C=C\C(=C/C=O)NC(=O)c1ccc(C(F)(F)F)cc1Oc1ccc(OC)c(F)c1Cl. The molecule has 2 N–H and O–H groups in total. The molecule has 2 rings (SSSR count). The molecule has 0 spiro atoms. The Balaban J connectivity index is 2.52. The van der Waals surface area contributed by atoms with Gasteiger partial charge in [-0.2, -0.15) is 13.2 Å². The molecule has 0 aromatic heterocycles. The Morgan fingerprint density at radius 2 is 1.81 bits per heavy atom. The normalized spacial score (nSPS) is 11.9. The highest BCUT2D eigenvalue weighted by Crippen LogP contribution is 2.39. The van der Waals surface area contributed by atoms with Crippen LogP contribution in [0.5, 0.6) is 17.2 Å². The summed E-state index contributed by atoms with van der Waals surface area (Å²) in [5.74, 6) is -2.95. The number of carbonyl (C=O) groups excluding carboxylic acids is 2. The Labute approximate surface area is 185 Å². The van der Waals surface area contributed by atoms with Crippen LogP contribution >= 0.6 is 11.6 Å². The lowest BCUT2D eigenvalue weighted by atomic mass is 10.1. The van der Waals surface area contributed by atoms with Crippen molar-refractivity contribution in [3.05, 3.63) is 76.3 Å². The minimum atomic E-state index is -4.74. The van der Waals surface area contributed by atoms with Crippen LogP contribution in [0.4, 0.5) is 17.6 Å². The average Bonchev–Trinajstić information content (AvgIpc) is 2.74. The molecule has 1 amide bonds. The number of carbonyl (C=O) groups is 2. The quantitative estimate of drug-likeness (QED) is 0.249. The maximum Gasteiger partial charge on any atom is 0.416 e. The molecular formula is C21H17ClF4N2O4. The van der Waals surface area contributed by atoms with E-state index in [4.69, 9.17) is 21.1 Å². The van der Waals surface area contributed by atoms with E-state index < -0.39 is 34.2 Å². The molecule has 0 aliphatic carbocycles.